The molecule has 0 fully saturated rings. The second-order valence-corrected chi connectivity index (χ2v) is 3.70. The van der Waals surface area contributed by atoms with Gasteiger partial charge in [-0.25, -0.2) is 4.98 Å². The summed E-state index contributed by atoms with van der Waals surface area (Å²) in [5.74, 6) is 0.441. The van der Waals surface area contributed by atoms with Gasteiger partial charge in [-0.15, -0.1) is 0 Å². The van der Waals surface area contributed by atoms with Gasteiger partial charge in [0.15, 0.2) is 11.7 Å². The van der Waals surface area contributed by atoms with E-state index in [0.29, 0.717) is 18.9 Å². The normalized spacial score (nSPS) is 11.8. The largest absolute Gasteiger partial charge is 0.441 e. The first-order valence-corrected chi connectivity index (χ1v) is 5.33. The van der Waals surface area contributed by atoms with Crippen LogP contribution in [0, 0.1) is 0 Å². The molecule has 0 atom stereocenters. The van der Waals surface area contributed by atoms with E-state index in [2.05, 4.69) is 4.98 Å². The summed E-state index contributed by atoms with van der Waals surface area (Å²) in [5, 5.41) is 0. The van der Waals surface area contributed by atoms with Crippen LogP contribution in [0.2, 0.25) is 0 Å². The standard InChI is InChI=1S/C12H11F3N2O/c13-12(14,15)9-4-2-1-3-8(9)10-7-17-11(18-10)5-6-16/h1-4,7H,5-6,16H2. The maximum absolute atomic E-state index is 12.8. The fraction of sp³-hybridized carbons (Fsp3) is 0.250. The van der Waals surface area contributed by atoms with Crippen LogP contribution >= 0.6 is 0 Å². The maximum Gasteiger partial charge on any atom is 0.417 e. The number of benzene rings is 1. The topological polar surface area (TPSA) is 52.0 Å². The van der Waals surface area contributed by atoms with Gasteiger partial charge in [0.25, 0.3) is 0 Å². The van der Waals surface area contributed by atoms with Crippen molar-refractivity contribution in [2.24, 2.45) is 5.73 Å². The number of nitrogens with zero attached hydrogens (tertiary/aromatic N) is 1. The molecule has 0 aliphatic heterocycles. The summed E-state index contributed by atoms with van der Waals surface area (Å²) in [5.41, 5.74) is 4.58. The lowest BCUT2D eigenvalue weighted by molar-refractivity contribution is -0.137. The molecule has 0 aliphatic rings. The monoisotopic (exact) mass is 256 g/mol. The minimum Gasteiger partial charge on any atom is -0.441 e. The molecule has 0 saturated heterocycles. The van der Waals surface area contributed by atoms with Gasteiger partial charge in [0.1, 0.15) is 0 Å². The molecule has 3 nitrogen and oxygen atoms in total. The number of aromatic nitrogens is 1. The Labute approximate surface area is 101 Å². The van der Waals surface area contributed by atoms with Crippen LogP contribution in [0.1, 0.15) is 11.5 Å². The molecule has 1 heterocycles. The van der Waals surface area contributed by atoms with Crippen molar-refractivity contribution < 1.29 is 17.6 Å². The van der Waals surface area contributed by atoms with Gasteiger partial charge in [-0.05, 0) is 6.07 Å². The van der Waals surface area contributed by atoms with Crippen molar-refractivity contribution in [1.29, 1.82) is 0 Å². The van der Waals surface area contributed by atoms with Crippen LogP contribution in [0.3, 0.4) is 0 Å². The van der Waals surface area contributed by atoms with Gasteiger partial charge in [-0.2, -0.15) is 13.2 Å². The van der Waals surface area contributed by atoms with E-state index in [0.717, 1.165) is 6.07 Å². The highest BCUT2D eigenvalue weighted by molar-refractivity contribution is 5.62. The second kappa shape index (κ2) is 4.81. The molecule has 0 unspecified atom stereocenters. The molecule has 0 saturated carbocycles. The van der Waals surface area contributed by atoms with Crippen LogP contribution in [0.4, 0.5) is 13.2 Å². The summed E-state index contributed by atoms with van der Waals surface area (Å²) < 4.78 is 43.7. The zero-order chi connectivity index (χ0) is 13.2. The first-order valence-electron chi connectivity index (χ1n) is 5.33. The Kier molecular flexibility index (Phi) is 3.38. The smallest absolute Gasteiger partial charge is 0.417 e. The van der Waals surface area contributed by atoms with Gasteiger partial charge < -0.3 is 10.2 Å². The van der Waals surface area contributed by atoms with Gasteiger partial charge >= 0.3 is 6.18 Å². The predicted molar refractivity (Wildman–Crippen MR) is 59.7 cm³/mol. The van der Waals surface area contributed by atoms with E-state index < -0.39 is 11.7 Å². The molecule has 2 N–H and O–H groups in total. The molecular weight excluding hydrogens is 245 g/mol. The van der Waals surface area contributed by atoms with E-state index >= 15 is 0 Å². The van der Waals surface area contributed by atoms with Crippen molar-refractivity contribution in [2.45, 2.75) is 12.6 Å². The van der Waals surface area contributed by atoms with Crippen molar-refractivity contribution in [2.75, 3.05) is 6.54 Å². The van der Waals surface area contributed by atoms with Gasteiger partial charge in [-0.3, -0.25) is 0 Å². The minimum absolute atomic E-state index is 0.0132. The third-order valence-corrected chi connectivity index (χ3v) is 2.41. The Bertz CT molecular complexity index is 534. The molecular formula is C12H11F3N2O. The van der Waals surface area contributed by atoms with Gasteiger partial charge in [0, 0.05) is 18.5 Å². The number of hydrogen-bond acceptors (Lipinski definition) is 3. The van der Waals surface area contributed by atoms with Crippen molar-refractivity contribution in [1.82, 2.24) is 4.98 Å². The van der Waals surface area contributed by atoms with Crippen LogP contribution < -0.4 is 5.73 Å². The van der Waals surface area contributed by atoms with Crippen LogP contribution in [0.5, 0.6) is 0 Å². The highest BCUT2D eigenvalue weighted by atomic mass is 19.4. The SMILES string of the molecule is NCCc1ncc(-c2ccccc2C(F)(F)F)o1. The number of alkyl halides is 3. The molecule has 6 heteroatoms. The quantitative estimate of drug-likeness (QED) is 0.918. The van der Waals surface area contributed by atoms with Crippen molar-refractivity contribution >= 4 is 0 Å². The van der Waals surface area contributed by atoms with Gasteiger partial charge in [0.05, 0.1) is 11.8 Å². The average Bonchev–Trinajstić information content (AvgIpc) is 2.77. The van der Waals surface area contributed by atoms with Gasteiger partial charge in [0.2, 0.25) is 0 Å². The Morgan fingerprint density at radius 1 is 1.22 bits per heavy atom. The molecule has 2 aromatic rings. The summed E-state index contributed by atoms with van der Waals surface area (Å²) in [4.78, 5) is 3.89. The number of oxazole rings is 1. The number of rotatable bonds is 3. The van der Waals surface area contributed by atoms with Crippen molar-refractivity contribution in [3.63, 3.8) is 0 Å². The van der Waals surface area contributed by atoms with Crippen LogP contribution in [0.15, 0.2) is 34.9 Å². The minimum atomic E-state index is -4.42. The van der Waals surface area contributed by atoms with E-state index in [1.807, 2.05) is 0 Å². The number of halogens is 3. The molecule has 0 radical (unpaired) electrons. The predicted octanol–water partition coefficient (Wildman–Crippen LogP) is 2.86. The molecule has 0 aliphatic carbocycles. The molecule has 0 spiro atoms. The summed E-state index contributed by atoms with van der Waals surface area (Å²) in [7, 11) is 0. The summed E-state index contributed by atoms with van der Waals surface area (Å²) in [6, 6.07) is 5.23. The summed E-state index contributed by atoms with van der Waals surface area (Å²) in [6.07, 6.45) is -2.73. The average molecular weight is 256 g/mol. The van der Waals surface area contributed by atoms with Crippen LogP contribution in [-0.2, 0) is 12.6 Å². The van der Waals surface area contributed by atoms with E-state index in [-0.39, 0.29) is 11.3 Å². The summed E-state index contributed by atoms with van der Waals surface area (Å²) in [6.45, 7) is 0.334. The maximum atomic E-state index is 12.8. The van der Waals surface area contributed by atoms with Gasteiger partial charge in [-0.1, -0.05) is 18.2 Å². The van der Waals surface area contributed by atoms with Crippen molar-refractivity contribution in [3.05, 3.63) is 41.9 Å². The summed E-state index contributed by atoms with van der Waals surface area (Å²) >= 11 is 0. The molecule has 0 amide bonds. The Morgan fingerprint density at radius 2 is 1.94 bits per heavy atom. The zero-order valence-electron chi connectivity index (χ0n) is 9.37. The first kappa shape index (κ1) is 12.6. The Morgan fingerprint density at radius 3 is 2.61 bits per heavy atom. The lowest BCUT2D eigenvalue weighted by Gasteiger charge is -2.10. The fourth-order valence-corrected chi connectivity index (χ4v) is 1.62. The Balaban J connectivity index is 2.43. The number of nitrogens with two attached hydrogens (primary N) is 1. The molecule has 1 aromatic heterocycles. The highest BCUT2D eigenvalue weighted by Gasteiger charge is 2.34. The number of hydrogen-bond donors (Lipinski definition) is 1. The van der Waals surface area contributed by atoms with E-state index in [1.165, 1.54) is 24.4 Å². The fourth-order valence-electron chi connectivity index (χ4n) is 1.62. The highest BCUT2D eigenvalue weighted by Crippen LogP contribution is 2.36. The first-order chi connectivity index (χ1) is 8.52. The molecule has 96 valence electrons. The lowest BCUT2D eigenvalue weighted by atomic mass is 10.1. The zero-order valence-corrected chi connectivity index (χ0v) is 9.37. The van der Waals surface area contributed by atoms with E-state index in [4.69, 9.17) is 10.2 Å². The Hall–Kier alpha value is -1.82. The third-order valence-electron chi connectivity index (χ3n) is 2.41. The molecule has 2 rings (SSSR count). The van der Waals surface area contributed by atoms with E-state index in [1.54, 1.807) is 0 Å². The molecule has 18 heavy (non-hydrogen) atoms. The van der Waals surface area contributed by atoms with E-state index in [9.17, 15) is 13.2 Å². The lowest BCUT2D eigenvalue weighted by Crippen LogP contribution is -2.06. The van der Waals surface area contributed by atoms with Crippen LogP contribution in [0.25, 0.3) is 11.3 Å². The second-order valence-electron chi connectivity index (χ2n) is 3.70. The van der Waals surface area contributed by atoms with Crippen molar-refractivity contribution in [3.8, 4) is 11.3 Å². The molecule has 0 bridgehead atoms. The van der Waals surface area contributed by atoms with Crippen LogP contribution in [-0.4, -0.2) is 11.5 Å². The third kappa shape index (κ3) is 2.53. The molecule has 1 aromatic carbocycles.